The van der Waals surface area contributed by atoms with Gasteiger partial charge in [-0.1, -0.05) is 12.1 Å². The molecule has 0 radical (unpaired) electrons. The highest BCUT2D eigenvalue weighted by Crippen LogP contribution is 2.15. The number of piperazine rings is 1. The molecule has 3 rings (SSSR count). The first-order valence-corrected chi connectivity index (χ1v) is 11.2. The smallest absolute Gasteiger partial charge is 0.216 e. The van der Waals surface area contributed by atoms with Gasteiger partial charge in [-0.3, -0.25) is 4.99 Å². The number of pyridine rings is 1. The van der Waals surface area contributed by atoms with Gasteiger partial charge in [0.1, 0.15) is 5.82 Å². The predicted octanol–water partition coefficient (Wildman–Crippen LogP) is 2.20. The van der Waals surface area contributed by atoms with Crippen LogP contribution in [0.4, 0.5) is 11.5 Å². The van der Waals surface area contributed by atoms with Crippen LogP contribution < -0.4 is 16.0 Å². The van der Waals surface area contributed by atoms with Crippen molar-refractivity contribution in [1.29, 1.82) is 0 Å². The molecule has 10 heteroatoms. The Labute approximate surface area is 195 Å². The molecule has 0 atom stereocenters. The molecule has 0 amide bonds. The van der Waals surface area contributed by atoms with Gasteiger partial charge in [0.15, 0.2) is 5.96 Å². The molecule has 3 N–H and O–H groups in total. The first-order chi connectivity index (χ1) is 13.8. The highest BCUT2D eigenvalue weighted by molar-refractivity contribution is 14.0. The molecule has 0 saturated carbocycles. The number of nitrogens with zero attached hydrogens (tertiary/aromatic N) is 4. The van der Waals surface area contributed by atoms with Crippen LogP contribution in [0.5, 0.6) is 0 Å². The Kier molecular flexibility index (Phi) is 8.86. The number of guanidine groups is 1. The largest absolute Gasteiger partial charge is 0.370 e. The topological polar surface area (TPSA) is 104 Å². The summed E-state index contributed by atoms with van der Waals surface area (Å²) in [5.74, 6) is 1.02. The number of nitrogens with two attached hydrogens (primary N) is 1. The summed E-state index contributed by atoms with van der Waals surface area (Å²) < 4.78 is 26.8. The van der Waals surface area contributed by atoms with Crippen molar-refractivity contribution in [3.05, 3.63) is 53.7 Å². The molecule has 1 aromatic carbocycles. The van der Waals surface area contributed by atoms with Gasteiger partial charge < -0.3 is 16.0 Å². The summed E-state index contributed by atoms with van der Waals surface area (Å²) in [5.41, 5.74) is 8.99. The number of hydrogen-bond acceptors (Lipinski definition) is 5. The lowest BCUT2D eigenvalue weighted by Gasteiger charge is -2.34. The fourth-order valence-corrected chi connectivity index (χ4v) is 4.68. The highest BCUT2D eigenvalue weighted by Gasteiger charge is 2.26. The molecule has 1 saturated heterocycles. The van der Waals surface area contributed by atoms with Crippen LogP contribution in [0.15, 0.2) is 47.6 Å². The van der Waals surface area contributed by atoms with E-state index in [1.54, 1.807) is 6.20 Å². The Morgan fingerprint density at radius 1 is 1.13 bits per heavy atom. The maximum Gasteiger partial charge on any atom is 0.216 e. The Morgan fingerprint density at radius 3 is 2.40 bits per heavy atom. The summed E-state index contributed by atoms with van der Waals surface area (Å²) in [5, 5.41) is 3.02. The second-order valence-electron chi connectivity index (χ2n) is 7.16. The lowest BCUT2D eigenvalue weighted by Crippen LogP contribution is -2.49. The number of aryl methyl sites for hydroxylation is 2. The van der Waals surface area contributed by atoms with E-state index >= 15 is 0 Å². The first kappa shape index (κ1) is 24.4. The van der Waals surface area contributed by atoms with Crippen molar-refractivity contribution in [2.24, 2.45) is 10.7 Å². The third kappa shape index (κ3) is 6.81. The number of halogens is 1. The van der Waals surface area contributed by atoms with E-state index in [2.05, 4.69) is 26.3 Å². The molecular formula is C20H29IN6O2S. The molecule has 164 valence electrons. The Morgan fingerprint density at radius 2 is 1.80 bits per heavy atom. The third-order valence-electron chi connectivity index (χ3n) is 4.73. The van der Waals surface area contributed by atoms with Crippen molar-refractivity contribution in [1.82, 2.24) is 9.29 Å². The molecule has 0 spiro atoms. The average molecular weight is 544 g/mol. The van der Waals surface area contributed by atoms with Gasteiger partial charge in [0.25, 0.3) is 0 Å². The fourth-order valence-electron chi connectivity index (χ4n) is 3.38. The Bertz CT molecular complexity index is 940. The number of sulfonamides is 1. The number of benzene rings is 1. The number of aliphatic imine (C=N–C) groups is 1. The molecule has 0 unspecified atom stereocenters. The van der Waals surface area contributed by atoms with Crippen molar-refractivity contribution < 1.29 is 8.42 Å². The van der Waals surface area contributed by atoms with Gasteiger partial charge in [0.2, 0.25) is 10.0 Å². The summed E-state index contributed by atoms with van der Waals surface area (Å²) >= 11 is 0. The molecule has 0 aliphatic carbocycles. The molecular weight excluding hydrogens is 515 g/mol. The van der Waals surface area contributed by atoms with Crippen LogP contribution in [0.25, 0.3) is 0 Å². The van der Waals surface area contributed by atoms with E-state index in [0.717, 1.165) is 22.6 Å². The minimum atomic E-state index is -3.38. The monoisotopic (exact) mass is 544 g/mol. The van der Waals surface area contributed by atoms with Crippen molar-refractivity contribution in [2.45, 2.75) is 13.8 Å². The summed E-state index contributed by atoms with van der Waals surface area (Å²) in [7, 11) is -3.38. The number of aromatic nitrogens is 1. The second-order valence-corrected chi connectivity index (χ2v) is 9.25. The van der Waals surface area contributed by atoms with Crippen LogP contribution in [0, 0.1) is 13.8 Å². The summed E-state index contributed by atoms with van der Waals surface area (Å²) in [6.07, 6.45) is 1.74. The van der Waals surface area contributed by atoms with Crippen LogP contribution in [0.2, 0.25) is 0 Å². The van der Waals surface area contributed by atoms with Crippen LogP contribution in [0.3, 0.4) is 0 Å². The summed E-state index contributed by atoms with van der Waals surface area (Å²) in [6.45, 7) is 6.26. The van der Waals surface area contributed by atoms with Crippen molar-refractivity contribution in [2.75, 3.05) is 48.7 Å². The Hall–Kier alpha value is -1.92. The van der Waals surface area contributed by atoms with E-state index in [0.29, 0.717) is 26.2 Å². The van der Waals surface area contributed by atoms with E-state index < -0.39 is 10.0 Å². The second kappa shape index (κ2) is 10.9. The molecule has 1 aromatic heterocycles. The molecule has 2 aromatic rings. The standard InChI is InChI=1S/C20H28N6O2S.HI/c1-16-13-17(2)15-18(14-16)24-20(21)23-7-12-29(27,28)26-10-8-25(9-11-26)19-5-3-4-6-22-19;/h3-6,13-15H,7-12H2,1-2H3,(H3,21,23,24);1H. The lowest BCUT2D eigenvalue weighted by atomic mass is 10.1. The van der Waals surface area contributed by atoms with Gasteiger partial charge in [0.05, 0.1) is 12.3 Å². The summed E-state index contributed by atoms with van der Waals surface area (Å²) in [6, 6.07) is 11.7. The highest BCUT2D eigenvalue weighted by atomic mass is 127. The zero-order chi connectivity index (χ0) is 20.9. The first-order valence-electron chi connectivity index (χ1n) is 9.62. The number of nitrogens with one attached hydrogen (secondary N) is 1. The quantitative estimate of drug-likeness (QED) is 0.329. The number of anilines is 2. The minimum absolute atomic E-state index is 0. The van der Waals surface area contributed by atoms with Gasteiger partial charge in [-0.2, -0.15) is 4.31 Å². The van der Waals surface area contributed by atoms with Gasteiger partial charge in [-0.05, 0) is 49.2 Å². The van der Waals surface area contributed by atoms with E-state index in [-0.39, 0.29) is 42.2 Å². The molecule has 1 aliphatic heterocycles. The predicted molar refractivity (Wildman–Crippen MR) is 133 cm³/mol. The van der Waals surface area contributed by atoms with Crippen molar-refractivity contribution in [3.63, 3.8) is 0 Å². The van der Waals surface area contributed by atoms with E-state index in [1.807, 2.05) is 44.2 Å². The van der Waals surface area contributed by atoms with Crippen molar-refractivity contribution in [3.8, 4) is 0 Å². The van der Waals surface area contributed by atoms with Crippen molar-refractivity contribution >= 4 is 51.5 Å². The third-order valence-corrected chi connectivity index (χ3v) is 6.58. The van der Waals surface area contributed by atoms with Gasteiger partial charge in [-0.15, -0.1) is 24.0 Å². The normalized spacial score (nSPS) is 15.5. The van der Waals surface area contributed by atoms with E-state index in [9.17, 15) is 8.42 Å². The lowest BCUT2D eigenvalue weighted by molar-refractivity contribution is 0.384. The molecule has 8 nitrogen and oxygen atoms in total. The van der Waals surface area contributed by atoms with Crippen LogP contribution in [-0.2, 0) is 10.0 Å². The van der Waals surface area contributed by atoms with E-state index in [4.69, 9.17) is 5.73 Å². The average Bonchev–Trinajstić information content (AvgIpc) is 2.68. The molecule has 30 heavy (non-hydrogen) atoms. The van der Waals surface area contributed by atoms with Gasteiger partial charge in [-0.25, -0.2) is 13.4 Å². The van der Waals surface area contributed by atoms with E-state index in [1.165, 1.54) is 4.31 Å². The maximum atomic E-state index is 12.6. The SMILES string of the molecule is Cc1cc(C)cc(NC(N)=NCCS(=O)(=O)N2CCN(c3ccccn3)CC2)c1.I. The number of hydrogen-bond donors (Lipinski definition) is 2. The van der Waals surface area contributed by atoms with Gasteiger partial charge in [0, 0.05) is 38.1 Å². The maximum absolute atomic E-state index is 12.6. The molecule has 0 bridgehead atoms. The van der Waals surface area contributed by atoms with Gasteiger partial charge >= 0.3 is 0 Å². The molecule has 1 fully saturated rings. The zero-order valence-corrected chi connectivity index (χ0v) is 20.4. The van der Waals surface area contributed by atoms with Crippen LogP contribution in [0.1, 0.15) is 11.1 Å². The Balaban J connectivity index is 0.00000320. The zero-order valence-electron chi connectivity index (χ0n) is 17.3. The van der Waals surface area contributed by atoms with Crippen LogP contribution >= 0.6 is 24.0 Å². The number of rotatable bonds is 6. The molecule has 1 aliphatic rings. The summed E-state index contributed by atoms with van der Waals surface area (Å²) in [4.78, 5) is 10.6. The van der Waals surface area contributed by atoms with Crippen LogP contribution in [-0.4, -0.2) is 62.1 Å². The fraction of sp³-hybridized carbons (Fsp3) is 0.400. The minimum Gasteiger partial charge on any atom is -0.370 e. The molecule has 2 heterocycles.